The van der Waals surface area contributed by atoms with Crippen molar-refractivity contribution in [2.24, 2.45) is 11.8 Å². The van der Waals surface area contributed by atoms with Crippen LogP contribution < -0.4 is 0 Å². The predicted molar refractivity (Wildman–Crippen MR) is 67.1 cm³/mol. The molecule has 1 amide bonds. The van der Waals surface area contributed by atoms with Crippen molar-refractivity contribution >= 4 is 29.6 Å². The molecule has 1 unspecified atom stereocenters. The number of aliphatic hydroxyl groups is 1. The average molecular weight is 299 g/mol. The van der Waals surface area contributed by atoms with Gasteiger partial charge >= 0.3 is 11.9 Å². The van der Waals surface area contributed by atoms with Crippen molar-refractivity contribution in [3.8, 4) is 0 Å². The van der Waals surface area contributed by atoms with Gasteiger partial charge in [0.05, 0.1) is 25.0 Å². The van der Waals surface area contributed by atoms with E-state index in [2.05, 4.69) is 0 Å². The van der Waals surface area contributed by atoms with E-state index < -0.39 is 11.9 Å². The third kappa shape index (κ3) is 1.82. The number of ether oxygens (including phenoxy) is 1. The molecular formula is C12H13NO6S. The molecule has 0 saturated carbocycles. The Balaban J connectivity index is 1.84. The summed E-state index contributed by atoms with van der Waals surface area (Å²) in [5.41, 5.74) is -0.0469. The van der Waals surface area contributed by atoms with Gasteiger partial charge in [-0.25, -0.2) is 4.79 Å². The largest absolute Gasteiger partial charge is 0.477 e. The third-order valence-corrected chi connectivity index (χ3v) is 5.22. The number of β-lactam (4-membered cyclic amide) rings is 1. The summed E-state index contributed by atoms with van der Waals surface area (Å²) in [5, 5.41) is 18.1. The summed E-state index contributed by atoms with van der Waals surface area (Å²) in [5.74, 6) is -2.75. The normalized spacial score (nSPS) is 32.2. The van der Waals surface area contributed by atoms with E-state index in [-0.39, 0.29) is 41.9 Å². The van der Waals surface area contributed by atoms with Gasteiger partial charge in [-0.2, -0.15) is 0 Å². The van der Waals surface area contributed by atoms with E-state index in [0.717, 1.165) is 0 Å². The number of allylic oxidation sites excluding steroid dienone is 1. The molecule has 8 heteroatoms. The number of carboxylic acids is 1. The van der Waals surface area contributed by atoms with Gasteiger partial charge in [0, 0.05) is 4.91 Å². The second-order valence-corrected chi connectivity index (χ2v) is 6.15. The molecule has 3 rings (SSSR count). The number of carbonyl (C=O) groups excluding carboxylic acids is 2. The van der Waals surface area contributed by atoms with Gasteiger partial charge in [-0.05, 0) is 12.8 Å². The number of rotatable bonds is 4. The first kappa shape index (κ1) is 13.4. The number of carboxylic acid groups (broad SMARTS) is 1. The summed E-state index contributed by atoms with van der Waals surface area (Å²) in [6.45, 7) is 0.0633. The lowest BCUT2D eigenvalue weighted by atomic mass is 9.97. The summed E-state index contributed by atoms with van der Waals surface area (Å²) in [7, 11) is 0. The summed E-state index contributed by atoms with van der Waals surface area (Å²) in [4.78, 5) is 36.4. The minimum Gasteiger partial charge on any atom is -0.477 e. The highest BCUT2D eigenvalue weighted by atomic mass is 32.2. The van der Waals surface area contributed by atoms with Gasteiger partial charge in [0.15, 0.2) is 0 Å². The molecule has 108 valence electrons. The topological polar surface area (TPSA) is 104 Å². The SMILES string of the molecule is O=C(O)C1=C(CC2CCOC2=O)S[C@@H]2[C@@H](CO)C(=O)N12. The monoisotopic (exact) mass is 299 g/mol. The highest BCUT2D eigenvalue weighted by Gasteiger charge is 2.55. The van der Waals surface area contributed by atoms with E-state index in [9.17, 15) is 19.5 Å². The van der Waals surface area contributed by atoms with E-state index in [0.29, 0.717) is 17.9 Å². The first-order valence-electron chi connectivity index (χ1n) is 6.28. The predicted octanol–water partition coefficient (Wildman–Crippen LogP) is -0.241. The van der Waals surface area contributed by atoms with E-state index >= 15 is 0 Å². The summed E-state index contributed by atoms with van der Waals surface area (Å²) in [6.07, 6.45) is 0.849. The highest BCUT2D eigenvalue weighted by molar-refractivity contribution is 8.04. The number of cyclic esters (lactones) is 1. The second kappa shape index (κ2) is 4.78. The molecule has 7 nitrogen and oxygen atoms in total. The Hall–Kier alpha value is -1.54. The Morgan fingerprint density at radius 3 is 2.75 bits per heavy atom. The lowest BCUT2D eigenvalue weighted by Gasteiger charge is -2.41. The van der Waals surface area contributed by atoms with Crippen LogP contribution in [0.1, 0.15) is 12.8 Å². The fourth-order valence-corrected chi connectivity index (χ4v) is 4.28. The van der Waals surface area contributed by atoms with Crippen LogP contribution in [0.15, 0.2) is 10.6 Å². The molecular weight excluding hydrogens is 286 g/mol. The van der Waals surface area contributed by atoms with Crippen LogP contribution in [0.25, 0.3) is 0 Å². The molecule has 0 spiro atoms. The molecule has 2 fully saturated rings. The van der Waals surface area contributed by atoms with Gasteiger partial charge < -0.3 is 14.9 Å². The maximum absolute atomic E-state index is 11.8. The fraction of sp³-hybridized carbons (Fsp3) is 0.583. The number of esters is 1. The number of hydrogen-bond donors (Lipinski definition) is 2. The van der Waals surface area contributed by atoms with Crippen LogP contribution in [-0.2, 0) is 19.1 Å². The van der Waals surface area contributed by atoms with Crippen LogP contribution in [0.3, 0.4) is 0 Å². The van der Waals surface area contributed by atoms with Crippen molar-refractivity contribution in [3.63, 3.8) is 0 Å². The smallest absolute Gasteiger partial charge is 0.353 e. The third-order valence-electron chi connectivity index (χ3n) is 3.80. The van der Waals surface area contributed by atoms with E-state index in [1.54, 1.807) is 0 Å². The first-order chi connectivity index (χ1) is 9.54. The molecule has 3 heterocycles. The number of nitrogens with zero attached hydrogens (tertiary/aromatic N) is 1. The van der Waals surface area contributed by atoms with E-state index in [1.807, 2.05) is 0 Å². The molecule has 3 atom stereocenters. The molecule has 3 aliphatic rings. The zero-order chi connectivity index (χ0) is 14.4. The molecule has 3 aliphatic heterocycles. The zero-order valence-electron chi connectivity index (χ0n) is 10.4. The molecule has 0 aromatic rings. The van der Waals surface area contributed by atoms with Crippen LogP contribution in [0.4, 0.5) is 0 Å². The summed E-state index contributed by atoms with van der Waals surface area (Å²) < 4.78 is 4.87. The van der Waals surface area contributed by atoms with Crippen molar-refractivity contribution < 1.29 is 29.3 Å². The fourth-order valence-electron chi connectivity index (χ4n) is 2.71. The van der Waals surface area contributed by atoms with E-state index in [4.69, 9.17) is 9.84 Å². The lowest BCUT2D eigenvalue weighted by Crippen LogP contribution is -2.58. The van der Waals surface area contributed by atoms with Crippen LogP contribution in [-0.4, -0.2) is 51.5 Å². The zero-order valence-corrected chi connectivity index (χ0v) is 11.3. The van der Waals surface area contributed by atoms with E-state index in [1.165, 1.54) is 16.7 Å². The van der Waals surface area contributed by atoms with Crippen LogP contribution in [0, 0.1) is 11.8 Å². The Labute approximate surface area is 118 Å². The maximum atomic E-state index is 11.8. The molecule has 20 heavy (non-hydrogen) atoms. The number of thioether (sulfide) groups is 1. The molecule has 0 radical (unpaired) electrons. The maximum Gasteiger partial charge on any atom is 0.353 e. The molecule has 2 saturated heterocycles. The lowest BCUT2D eigenvalue weighted by molar-refractivity contribution is -0.153. The number of hydrogen-bond acceptors (Lipinski definition) is 6. The highest BCUT2D eigenvalue weighted by Crippen LogP contribution is 2.51. The molecule has 0 aromatic heterocycles. The van der Waals surface area contributed by atoms with Gasteiger partial charge in [-0.3, -0.25) is 14.5 Å². The molecule has 0 bridgehead atoms. The summed E-state index contributed by atoms with van der Waals surface area (Å²) in [6, 6.07) is 0. The van der Waals surface area contributed by atoms with Crippen molar-refractivity contribution in [3.05, 3.63) is 10.6 Å². The number of fused-ring (bicyclic) bond motifs is 1. The number of aliphatic carboxylic acids is 1. The van der Waals surface area contributed by atoms with Crippen LogP contribution in [0.2, 0.25) is 0 Å². The number of amides is 1. The van der Waals surface area contributed by atoms with Gasteiger partial charge in [0.2, 0.25) is 5.91 Å². The number of aliphatic hydroxyl groups excluding tert-OH is 1. The Bertz CT molecular complexity index is 530. The van der Waals surface area contributed by atoms with Crippen molar-refractivity contribution in [2.75, 3.05) is 13.2 Å². The van der Waals surface area contributed by atoms with Crippen LogP contribution >= 0.6 is 11.8 Å². The standard InChI is InChI=1S/C12H13NO6S/c14-4-6-9(15)13-8(11(16)17)7(20-10(6)13)3-5-1-2-19-12(5)18/h5-6,10,14H,1-4H2,(H,16,17)/t5?,6-,10+/m0/s1. The Kier molecular flexibility index (Phi) is 3.21. The van der Waals surface area contributed by atoms with Crippen LogP contribution in [0.5, 0.6) is 0 Å². The van der Waals surface area contributed by atoms with Gasteiger partial charge in [0.25, 0.3) is 0 Å². The minimum absolute atomic E-state index is 0.0469. The first-order valence-corrected chi connectivity index (χ1v) is 7.16. The average Bonchev–Trinajstić information content (AvgIpc) is 2.93. The van der Waals surface area contributed by atoms with Gasteiger partial charge in [-0.1, -0.05) is 0 Å². The summed E-state index contributed by atoms with van der Waals surface area (Å²) >= 11 is 1.26. The van der Waals surface area contributed by atoms with Crippen molar-refractivity contribution in [1.29, 1.82) is 0 Å². The molecule has 0 aliphatic carbocycles. The molecule has 0 aromatic carbocycles. The quantitative estimate of drug-likeness (QED) is 0.545. The van der Waals surface area contributed by atoms with Gasteiger partial charge in [-0.15, -0.1) is 11.8 Å². The van der Waals surface area contributed by atoms with Crippen molar-refractivity contribution in [1.82, 2.24) is 4.90 Å². The van der Waals surface area contributed by atoms with Crippen molar-refractivity contribution in [2.45, 2.75) is 18.2 Å². The minimum atomic E-state index is -1.17. The number of carbonyl (C=O) groups is 3. The Morgan fingerprint density at radius 2 is 2.20 bits per heavy atom. The van der Waals surface area contributed by atoms with Gasteiger partial charge in [0.1, 0.15) is 11.1 Å². The Morgan fingerprint density at radius 1 is 1.45 bits per heavy atom. The second-order valence-electron chi connectivity index (χ2n) is 4.94. The molecule has 2 N–H and O–H groups in total.